The Labute approximate surface area is 145 Å². The summed E-state index contributed by atoms with van der Waals surface area (Å²) < 4.78 is 8.11. The number of benzene rings is 2. The Bertz CT molecular complexity index is 1030. The maximum atomic E-state index is 5.80. The molecular formula is C20H16N4O. The molecule has 1 aliphatic heterocycles. The zero-order chi connectivity index (χ0) is 16.6. The van der Waals surface area contributed by atoms with E-state index in [4.69, 9.17) is 9.72 Å². The van der Waals surface area contributed by atoms with Crippen LogP contribution < -0.4 is 0 Å². The van der Waals surface area contributed by atoms with Gasteiger partial charge in [0.2, 0.25) is 0 Å². The third-order valence-electron chi connectivity index (χ3n) is 4.66. The van der Waals surface area contributed by atoms with E-state index in [0.717, 1.165) is 28.0 Å². The molecule has 0 aliphatic carbocycles. The molecule has 4 aromatic rings. The van der Waals surface area contributed by atoms with Gasteiger partial charge in [0.05, 0.1) is 23.7 Å². The van der Waals surface area contributed by atoms with E-state index < -0.39 is 0 Å². The van der Waals surface area contributed by atoms with Crippen molar-refractivity contribution in [3.63, 3.8) is 0 Å². The molecular weight excluding hydrogens is 312 g/mol. The van der Waals surface area contributed by atoms with E-state index in [2.05, 4.69) is 57.0 Å². The van der Waals surface area contributed by atoms with Gasteiger partial charge in [-0.25, -0.2) is 15.0 Å². The molecule has 1 aliphatic rings. The van der Waals surface area contributed by atoms with Crippen molar-refractivity contribution in [3.05, 3.63) is 78.6 Å². The lowest BCUT2D eigenvalue weighted by molar-refractivity contribution is 0.0679. The van der Waals surface area contributed by atoms with Crippen molar-refractivity contribution in [1.82, 2.24) is 19.5 Å². The molecule has 1 atom stereocenters. The van der Waals surface area contributed by atoms with E-state index in [9.17, 15) is 0 Å². The summed E-state index contributed by atoms with van der Waals surface area (Å²) in [5.74, 6) is 0.969. The van der Waals surface area contributed by atoms with Crippen LogP contribution in [0.2, 0.25) is 0 Å². The fraction of sp³-hybridized carbons (Fsp3) is 0.150. The highest BCUT2D eigenvalue weighted by molar-refractivity contribution is 5.82. The number of nitrogens with zero attached hydrogens (tertiary/aromatic N) is 4. The molecule has 2 aromatic heterocycles. The Morgan fingerprint density at radius 3 is 2.64 bits per heavy atom. The van der Waals surface area contributed by atoms with Crippen LogP contribution in [0, 0.1) is 0 Å². The van der Waals surface area contributed by atoms with Gasteiger partial charge in [-0.05, 0) is 23.3 Å². The van der Waals surface area contributed by atoms with Crippen molar-refractivity contribution in [2.45, 2.75) is 12.6 Å². The number of hydrogen-bond acceptors (Lipinski definition) is 4. The molecule has 5 nitrogen and oxygen atoms in total. The third-order valence-corrected chi connectivity index (χ3v) is 4.66. The zero-order valence-electron chi connectivity index (χ0n) is 13.5. The number of hydrogen-bond donors (Lipinski definition) is 0. The minimum Gasteiger partial charge on any atom is -0.371 e. The second-order valence-electron chi connectivity index (χ2n) is 6.17. The number of aromatic nitrogens is 4. The molecule has 5 rings (SSSR count). The van der Waals surface area contributed by atoms with Crippen LogP contribution in [0.4, 0.5) is 0 Å². The monoisotopic (exact) mass is 328 g/mol. The third kappa shape index (κ3) is 2.40. The summed E-state index contributed by atoms with van der Waals surface area (Å²) >= 11 is 0. The number of rotatable bonds is 2. The van der Waals surface area contributed by atoms with Gasteiger partial charge < -0.3 is 9.30 Å². The van der Waals surface area contributed by atoms with Gasteiger partial charge in [-0.3, -0.25) is 0 Å². The lowest BCUT2D eigenvalue weighted by Gasteiger charge is -2.26. The molecule has 0 saturated heterocycles. The Hall–Kier alpha value is -3.05. The van der Waals surface area contributed by atoms with Crippen molar-refractivity contribution < 1.29 is 4.74 Å². The van der Waals surface area contributed by atoms with Crippen molar-refractivity contribution in [2.75, 3.05) is 6.61 Å². The quantitative estimate of drug-likeness (QED) is 0.564. The van der Waals surface area contributed by atoms with Crippen molar-refractivity contribution in [2.24, 2.45) is 0 Å². The smallest absolute Gasteiger partial charge is 0.136 e. The molecule has 0 spiro atoms. The van der Waals surface area contributed by atoms with E-state index in [-0.39, 0.29) is 6.04 Å². The summed E-state index contributed by atoms with van der Waals surface area (Å²) in [7, 11) is 0. The lowest BCUT2D eigenvalue weighted by Crippen LogP contribution is -2.24. The summed E-state index contributed by atoms with van der Waals surface area (Å²) in [5.41, 5.74) is 5.43. The minimum atomic E-state index is 0.136. The van der Waals surface area contributed by atoms with Crippen LogP contribution in [0.25, 0.3) is 22.2 Å². The molecule has 122 valence electrons. The molecule has 0 fully saturated rings. The summed E-state index contributed by atoms with van der Waals surface area (Å²) in [5, 5.41) is 0. The van der Waals surface area contributed by atoms with Gasteiger partial charge in [0.1, 0.15) is 18.8 Å². The van der Waals surface area contributed by atoms with Crippen LogP contribution in [0.3, 0.4) is 0 Å². The lowest BCUT2D eigenvalue weighted by atomic mass is 10.1. The Kier molecular flexibility index (Phi) is 3.31. The summed E-state index contributed by atoms with van der Waals surface area (Å²) in [6.07, 6.45) is 5.21. The molecule has 3 heterocycles. The number of ether oxygens (including phenoxy) is 1. The van der Waals surface area contributed by atoms with Crippen molar-refractivity contribution >= 4 is 11.0 Å². The van der Waals surface area contributed by atoms with E-state index in [0.29, 0.717) is 13.2 Å². The fourth-order valence-corrected chi connectivity index (χ4v) is 3.48. The Balaban J connectivity index is 1.70. The summed E-state index contributed by atoms with van der Waals surface area (Å²) in [6, 6.07) is 16.9. The first-order valence-corrected chi connectivity index (χ1v) is 8.29. The van der Waals surface area contributed by atoms with Crippen molar-refractivity contribution in [1.29, 1.82) is 0 Å². The molecule has 25 heavy (non-hydrogen) atoms. The van der Waals surface area contributed by atoms with Gasteiger partial charge >= 0.3 is 0 Å². The van der Waals surface area contributed by atoms with Gasteiger partial charge in [-0.2, -0.15) is 0 Å². The minimum absolute atomic E-state index is 0.136. The molecule has 0 amide bonds. The Morgan fingerprint density at radius 2 is 1.80 bits per heavy atom. The van der Waals surface area contributed by atoms with E-state index in [1.165, 1.54) is 5.56 Å². The summed E-state index contributed by atoms with van der Waals surface area (Å²) in [4.78, 5) is 13.0. The standard InChI is InChI=1S/C20H16N4O/c1-2-4-14(5-3-1)19-11-25-12-20-23-17-7-6-15(8-18(17)24(19)20)16-9-21-13-22-10-16/h1-10,13,19H,11-12H2. The SMILES string of the molecule is c1ccc(C2COCc3nc4ccc(-c5cncnc5)cc4n32)cc1. The van der Waals surface area contributed by atoms with Gasteiger partial charge in [-0.15, -0.1) is 0 Å². The molecule has 0 bridgehead atoms. The average molecular weight is 328 g/mol. The molecule has 0 saturated carbocycles. The second-order valence-corrected chi connectivity index (χ2v) is 6.17. The van der Waals surface area contributed by atoms with Gasteiger partial charge in [0, 0.05) is 18.0 Å². The highest BCUT2D eigenvalue weighted by Crippen LogP contribution is 2.32. The second kappa shape index (κ2) is 5.79. The Morgan fingerprint density at radius 1 is 0.960 bits per heavy atom. The first-order chi connectivity index (χ1) is 12.4. The number of imidazole rings is 1. The maximum Gasteiger partial charge on any atom is 0.136 e. The highest BCUT2D eigenvalue weighted by atomic mass is 16.5. The van der Waals surface area contributed by atoms with Crippen molar-refractivity contribution in [3.8, 4) is 11.1 Å². The molecule has 1 unspecified atom stereocenters. The van der Waals surface area contributed by atoms with Gasteiger partial charge in [0.25, 0.3) is 0 Å². The number of fused-ring (bicyclic) bond motifs is 3. The normalized spacial score (nSPS) is 16.7. The van der Waals surface area contributed by atoms with Gasteiger partial charge in [0.15, 0.2) is 0 Å². The van der Waals surface area contributed by atoms with E-state index in [1.807, 2.05) is 18.5 Å². The largest absolute Gasteiger partial charge is 0.371 e. The fourth-order valence-electron chi connectivity index (χ4n) is 3.48. The molecule has 0 radical (unpaired) electrons. The van der Waals surface area contributed by atoms with Gasteiger partial charge in [-0.1, -0.05) is 36.4 Å². The van der Waals surface area contributed by atoms with E-state index in [1.54, 1.807) is 6.33 Å². The predicted octanol–water partition coefficient (Wildman–Crippen LogP) is 3.61. The first kappa shape index (κ1) is 14.3. The van der Waals surface area contributed by atoms with Crippen LogP contribution in [-0.4, -0.2) is 26.1 Å². The van der Waals surface area contributed by atoms with E-state index >= 15 is 0 Å². The molecule has 2 aromatic carbocycles. The average Bonchev–Trinajstić information content (AvgIpc) is 3.07. The molecule has 5 heteroatoms. The maximum absolute atomic E-state index is 5.80. The van der Waals surface area contributed by atoms with Crippen LogP contribution in [-0.2, 0) is 11.3 Å². The van der Waals surface area contributed by atoms with Crippen LogP contribution in [0.15, 0.2) is 67.3 Å². The topological polar surface area (TPSA) is 52.8 Å². The first-order valence-electron chi connectivity index (χ1n) is 8.29. The highest BCUT2D eigenvalue weighted by Gasteiger charge is 2.25. The van der Waals surface area contributed by atoms with Crippen LogP contribution in [0.1, 0.15) is 17.4 Å². The molecule has 0 N–H and O–H groups in total. The predicted molar refractivity (Wildman–Crippen MR) is 95.0 cm³/mol. The summed E-state index contributed by atoms with van der Waals surface area (Å²) in [6.45, 7) is 1.20. The van der Waals surface area contributed by atoms with Crippen LogP contribution >= 0.6 is 0 Å². The zero-order valence-corrected chi connectivity index (χ0v) is 13.5. The van der Waals surface area contributed by atoms with Crippen LogP contribution in [0.5, 0.6) is 0 Å².